The van der Waals surface area contributed by atoms with Crippen LogP contribution in [0.25, 0.3) is 0 Å². The number of hydrogen-bond acceptors (Lipinski definition) is 9. The molecule has 0 saturated carbocycles. The largest absolute Gasteiger partial charge is 0.367 e. The van der Waals surface area contributed by atoms with Crippen LogP contribution in [0, 0.1) is 0 Å². The molecule has 4 amide bonds. The summed E-state index contributed by atoms with van der Waals surface area (Å²) < 4.78 is 0. The van der Waals surface area contributed by atoms with Gasteiger partial charge in [0, 0.05) is 35.5 Å². The number of carbonyl (C=O) groups is 5. The van der Waals surface area contributed by atoms with E-state index in [1.54, 1.807) is 0 Å². The van der Waals surface area contributed by atoms with Gasteiger partial charge in [0.2, 0.25) is 6.04 Å². The van der Waals surface area contributed by atoms with Gasteiger partial charge in [0.1, 0.15) is 0 Å². The molecule has 250 valence electrons. The first-order valence-electron chi connectivity index (χ1n) is 15.8. The van der Waals surface area contributed by atoms with E-state index in [0.717, 1.165) is 52.1 Å². The molecule has 1 unspecified atom stereocenters. The second-order valence-electron chi connectivity index (χ2n) is 10.7. The van der Waals surface area contributed by atoms with Gasteiger partial charge in [-0.05, 0) is 101 Å². The van der Waals surface area contributed by atoms with Crippen LogP contribution in [0.4, 0.5) is 11.4 Å². The lowest BCUT2D eigenvalue weighted by molar-refractivity contribution is -0.127. The summed E-state index contributed by atoms with van der Waals surface area (Å²) in [6.07, 6.45) is 1.55. The standard InChI is InChI=1S/C33H48N8O5/c1-6-40(7-2)18-10-16-35-31(44)25-20-26(32(45)36-17-11-19-41(8-3)9-4)22-28(21-25)37-33(46)24-12-14-27(15-13-24)38-39-29(23(5)42)30(34)43/h12-15,20-22,29H,6-11,16-19H2,1-5H3,(H2,34,43)(H,35,44)(H,36,45)(H,37,46). The highest BCUT2D eigenvalue weighted by Crippen LogP contribution is 2.19. The van der Waals surface area contributed by atoms with Crippen molar-refractivity contribution in [2.75, 3.05) is 57.7 Å². The average Bonchev–Trinajstić information content (AvgIpc) is 3.04. The van der Waals surface area contributed by atoms with Gasteiger partial charge in [0.15, 0.2) is 5.78 Å². The van der Waals surface area contributed by atoms with Gasteiger partial charge in [-0.2, -0.15) is 10.2 Å². The number of carbonyl (C=O) groups excluding carboxylic acids is 5. The number of nitrogens with two attached hydrogens (primary N) is 1. The van der Waals surface area contributed by atoms with Crippen molar-refractivity contribution in [3.05, 3.63) is 59.2 Å². The zero-order chi connectivity index (χ0) is 34.1. The molecule has 2 rings (SSSR count). The molecule has 0 saturated heterocycles. The third-order valence-electron chi connectivity index (χ3n) is 7.45. The van der Waals surface area contributed by atoms with Crippen LogP contribution < -0.4 is 21.7 Å². The second-order valence-corrected chi connectivity index (χ2v) is 10.7. The molecule has 13 heteroatoms. The molecule has 0 bridgehead atoms. The topological polar surface area (TPSA) is 179 Å². The first-order valence-corrected chi connectivity index (χ1v) is 15.8. The minimum absolute atomic E-state index is 0.249. The molecule has 0 spiro atoms. The number of benzene rings is 2. The number of nitrogens with one attached hydrogen (secondary N) is 3. The van der Waals surface area contributed by atoms with Crippen LogP contribution in [-0.2, 0) is 9.59 Å². The lowest BCUT2D eigenvalue weighted by Gasteiger charge is -2.18. The molecular formula is C33H48N8O5. The van der Waals surface area contributed by atoms with E-state index in [-0.39, 0.29) is 34.2 Å². The lowest BCUT2D eigenvalue weighted by atomic mass is 10.1. The Morgan fingerprint density at radius 1 is 0.717 bits per heavy atom. The van der Waals surface area contributed by atoms with Gasteiger partial charge in [-0.1, -0.05) is 27.7 Å². The van der Waals surface area contributed by atoms with Gasteiger partial charge in [-0.3, -0.25) is 24.0 Å². The molecule has 1 atom stereocenters. The number of nitrogens with zero attached hydrogens (tertiary/aromatic N) is 4. The van der Waals surface area contributed by atoms with Crippen LogP contribution in [0.15, 0.2) is 52.7 Å². The van der Waals surface area contributed by atoms with Gasteiger partial charge in [0.05, 0.1) is 5.69 Å². The van der Waals surface area contributed by atoms with Crippen LogP contribution in [0.1, 0.15) is 78.5 Å². The lowest BCUT2D eigenvalue weighted by Crippen LogP contribution is -2.32. The summed E-state index contributed by atoms with van der Waals surface area (Å²) >= 11 is 0. The number of amides is 4. The number of rotatable bonds is 20. The van der Waals surface area contributed by atoms with Crippen LogP contribution in [0.3, 0.4) is 0 Å². The van der Waals surface area contributed by atoms with Gasteiger partial charge >= 0.3 is 0 Å². The SMILES string of the molecule is CCN(CC)CCCNC(=O)c1cc(NC(=O)c2ccc(N=NC(C(C)=O)C(N)=O)cc2)cc(C(=O)NCCCN(CC)CC)c1. The maximum atomic E-state index is 13.1. The van der Waals surface area contributed by atoms with Crippen LogP contribution in [0.2, 0.25) is 0 Å². The van der Waals surface area contributed by atoms with Gasteiger partial charge in [0.25, 0.3) is 23.6 Å². The number of azo groups is 1. The third-order valence-corrected chi connectivity index (χ3v) is 7.45. The molecule has 2 aromatic rings. The predicted molar refractivity (Wildman–Crippen MR) is 178 cm³/mol. The minimum atomic E-state index is -1.39. The highest BCUT2D eigenvalue weighted by Gasteiger charge is 2.20. The molecule has 0 heterocycles. The van der Waals surface area contributed by atoms with Crippen molar-refractivity contribution < 1.29 is 24.0 Å². The van der Waals surface area contributed by atoms with E-state index in [2.05, 4.69) is 63.7 Å². The summed E-state index contributed by atoms with van der Waals surface area (Å²) in [7, 11) is 0. The minimum Gasteiger partial charge on any atom is -0.367 e. The fraction of sp³-hybridized carbons (Fsp3) is 0.485. The molecule has 0 aliphatic heterocycles. The molecule has 5 N–H and O–H groups in total. The Labute approximate surface area is 271 Å². The Balaban J connectivity index is 2.20. The summed E-state index contributed by atoms with van der Waals surface area (Å²) in [6, 6.07) is 9.18. The van der Waals surface area contributed by atoms with Crippen molar-refractivity contribution >= 4 is 40.8 Å². The first kappa shape index (κ1) is 37.7. The molecule has 0 aliphatic carbocycles. The Kier molecular flexibility index (Phi) is 16.2. The van der Waals surface area contributed by atoms with Crippen molar-refractivity contribution in [1.82, 2.24) is 20.4 Å². The molecule has 0 aliphatic rings. The summed E-state index contributed by atoms with van der Waals surface area (Å²) in [5, 5.41) is 16.2. The van der Waals surface area contributed by atoms with Crippen molar-refractivity contribution in [3.8, 4) is 0 Å². The molecular weight excluding hydrogens is 588 g/mol. The molecule has 46 heavy (non-hydrogen) atoms. The van der Waals surface area contributed by atoms with Crippen LogP contribution >= 0.6 is 0 Å². The molecule has 0 radical (unpaired) electrons. The fourth-order valence-corrected chi connectivity index (χ4v) is 4.60. The monoisotopic (exact) mass is 636 g/mol. The first-order chi connectivity index (χ1) is 22.0. The number of hydrogen-bond donors (Lipinski definition) is 4. The Bertz CT molecular complexity index is 1290. The molecule has 13 nitrogen and oxygen atoms in total. The van der Waals surface area contributed by atoms with Crippen molar-refractivity contribution in [2.24, 2.45) is 16.0 Å². The van der Waals surface area contributed by atoms with Crippen LogP contribution in [0.5, 0.6) is 0 Å². The summed E-state index contributed by atoms with van der Waals surface area (Å²) in [4.78, 5) is 66.7. The predicted octanol–water partition coefficient (Wildman–Crippen LogP) is 3.39. The summed E-state index contributed by atoms with van der Waals surface area (Å²) in [5.74, 6) is -2.61. The molecule has 0 fully saturated rings. The summed E-state index contributed by atoms with van der Waals surface area (Å²) in [5.41, 5.74) is 6.54. The number of primary amides is 1. The van der Waals surface area contributed by atoms with Gasteiger partial charge in [-0.25, -0.2) is 0 Å². The summed E-state index contributed by atoms with van der Waals surface area (Å²) in [6.45, 7) is 15.9. The van der Waals surface area contributed by atoms with E-state index in [1.807, 2.05) is 0 Å². The number of ketones is 1. The van der Waals surface area contributed by atoms with E-state index >= 15 is 0 Å². The van der Waals surface area contributed by atoms with E-state index in [1.165, 1.54) is 49.4 Å². The maximum absolute atomic E-state index is 13.1. The zero-order valence-electron chi connectivity index (χ0n) is 27.6. The Morgan fingerprint density at radius 3 is 1.61 bits per heavy atom. The van der Waals surface area contributed by atoms with E-state index in [0.29, 0.717) is 18.8 Å². The average molecular weight is 637 g/mol. The highest BCUT2D eigenvalue weighted by atomic mass is 16.2. The van der Waals surface area contributed by atoms with Gasteiger partial charge in [-0.15, -0.1) is 0 Å². The Hall–Kier alpha value is -4.49. The molecule has 2 aromatic carbocycles. The smallest absolute Gasteiger partial charge is 0.255 e. The van der Waals surface area contributed by atoms with E-state index in [9.17, 15) is 24.0 Å². The third kappa shape index (κ3) is 12.5. The normalized spacial score (nSPS) is 11.9. The zero-order valence-corrected chi connectivity index (χ0v) is 27.6. The number of Topliss-reactive ketones (excluding diaryl/α,β-unsaturated/α-hetero) is 1. The quantitative estimate of drug-likeness (QED) is 0.0977. The Morgan fingerprint density at radius 2 is 1.20 bits per heavy atom. The van der Waals surface area contributed by atoms with Crippen molar-refractivity contribution in [2.45, 2.75) is 53.5 Å². The van der Waals surface area contributed by atoms with E-state index < -0.39 is 23.6 Å². The fourth-order valence-electron chi connectivity index (χ4n) is 4.60. The molecule has 0 aromatic heterocycles. The second kappa shape index (κ2) is 19.8. The van der Waals surface area contributed by atoms with Gasteiger partial charge < -0.3 is 31.5 Å². The maximum Gasteiger partial charge on any atom is 0.255 e. The highest BCUT2D eigenvalue weighted by molar-refractivity contribution is 6.07. The van der Waals surface area contributed by atoms with Crippen LogP contribution in [-0.4, -0.2) is 97.6 Å². The van der Waals surface area contributed by atoms with E-state index in [4.69, 9.17) is 5.73 Å². The van der Waals surface area contributed by atoms with Crippen molar-refractivity contribution in [1.29, 1.82) is 0 Å². The number of anilines is 1. The van der Waals surface area contributed by atoms with Crippen molar-refractivity contribution in [3.63, 3.8) is 0 Å².